The Kier molecular flexibility index (Phi) is 4.18. The average Bonchev–Trinajstić information content (AvgIpc) is 2.34. The summed E-state index contributed by atoms with van der Waals surface area (Å²) in [5, 5.41) is 13.0. The van der Waals surface area contributed by atoms with Crippen molar-refractivity contribution >= 4 is 23.4 Å². The van der Waals surface area contributed by atoms with Gasteiger partial charge in [0.05, 0.1) is 18.3 Å². The van der Waals surface area contributed by atoms with Crippen LogP contribution >= 0.6 is 11.6 Å². The number of halogens is 1. The third-order valence-electron chi connectivity index (χ3n) is 4.68. The highest BCUT2D eigenvalue weighted by Gasteiger charge is 2.46. The minimum atomic E-state index is -0.706. The molecule has 2 N–H and O–H groups in total. The van der Waals surface area contributed by atoms with Crippen molar-refractivity contribution in [3.63, 3.8) is 0 Å². The molecule has 0 aliphatic heterocycles. The number of aliphatic carboxylic acids is 1. The van der Waals surface area contributed by atoms with Crippen molar-refractivity contribution in [1.29, 1.82) is 0 Å². The van der Waals surface area contributed by atoms with Gasteiger partial charge in [0.2, 0.25) is 0 Å². The van der Waals surface area contributed by atoms with Crippen LogP contribution in [0.4, 0.5) is 5.82 Å². The third kappa shape index (κ3) is 2.87. The van der Waals surface area contributed by atoms with Crippen LogP contribution in [0.2, 0.25) is 5.15 Å². The summed E-state index contributed by atoms with van der Waals surface area (Å²) in [5.41, 5.74) is -0.270. The van der Waals surface area contributed by atoms with Gasteiger partial charge in [-0.3, -0.25) is 9.78 Å². The van der Waals surface area contributed by atoms with Crippen LogP contribution in [0.5, 0.6) is 0 Å². The summed E-state index contributed by atoms with van der Waals surface area (Å²) in [6.45, 7) is 6.13. The number of carbonyl (C=O) groups is 1. The standard InChI is InChI=1S/C14H20ClN3O2/c1-8-10(17-12-7-16-6-11(15)18-12)5-4-9(13(19)20)14(8,2)3/h6-10H,4-5H2,1-3H3,(H,17,18)(H,19,20). The van der Waals surface area contributed by atoms with E-state index in [-0.39, 0.29) is 23.3 Å². The summed E-state index contributed by atoms with van der Waals surface area (Å²) < 4.78 is 0. The number of rotatable bonds is 3. The summed E-state index contributed by atoms with van der Waals surface area (Å²) in [4.78, 5) is 19.5. The first kappa shape index (κ1) is 15.0. The first-order valence-electron chi connectivity index (χ1n) is 6.79. The highest BCUT2D eigenvalue weighted by atomic mass is 35.5. The van der Waals surface area contributed by atoms with E-state index in [9.17, 15) is 9.90 Å². The van der Waals surface area contributed by atoms with E-state index in [0.29, 0.717) is 17.4 Å². The van der Waals surface area contributed by atoms with E-state index in [1.54, 1.807) is 6.20 Å². The lowest BCUT2D eigenvalue weighted by Crippen LogP contribution is -2.48. The second kappa shape index (κ2) is 5.56. The van der Waals surface area contributed by atoms with E-state index < -0.39 is 5.97 Å². The summed E-state index contributed by atoms with van der Waals surface area (Å²) in [7, 11) is 0. The molecule has 1 fully saturated rings. The quantitative estimate of drug-likeness (QED) is 0.897. The molecular formula is C14H20ClN3O2. The van der Waals surface area contributed by atoms with E-state index in [1.807, 2.05) is 13.8 Å². The number of carboxylic acid groups (broad SMARTS) is 1. The molecule has 0 aromatic carbocycles. The Hall–Kier alpha value is -1.36. The first-order chi connectivity index (χ1) is 9.32. The third-order valence-corrected chi connectivity index (χ3v) is 4.86. The zero-order valence-electron chi connectivity index (χ0n) is 11.9. The van der Waals surface area contributed by atoms with Crippen molar-refractivity contribution < 1.29 is 9.90 Å². The lowest BCUT2D eigenvalue weighted by molar-refractivity contribution is -0.149. The lowest BCUT2D eigenvalue weighted by Gasteiger charge is -2.46. The van der Waals surface area contributed by atoms with Crippen LogP contribution in [0.15, 0.2) is 12.4 Å². The van der Waals surface area contributed by atoms with Crippen LogP contribution in [-0.2, 0) is 4.79 Å². The van der Waals surface area contributed by atoms with Crippen molar-refractivity contribution in [2.45, 2.75) is 39.7 Å². The van der Waals surface area contributed by atoms with Crippen molar-refractivity contribution in [3.8, 4) is 0 Å². The average molecular weight is 298 g/mol. The number of aromatic nitrogens is 2. The monoisotopic (exact) mass is 297 g/mol. The fourth-order valence-electron chi connectivity index (χ4n) is 3.04. The number of nitrogens with one attached hydrogen (secondary N) is 1. The molecule has 20 heavy (non-hydrogen) atoms. The number of nitrogens with zero attached hydrogens (tertiary/aromatic N) is 2. The zero-order valence-corrected chi connectivity index (χ0v) is 12.7. The van der Waals surface area contributed by atoms with Crippen molar-refractivity contribution in [1.82, 2.24) is 9.97 Å². The van der Waals surface area contributed by atoms with Crippen molar-refractivity contribution in [3.05, 3.63) is 17.5 Å². The molecule has 1 saturated carbocycles. The van der Waals surface area contributed by atoms with Crippen LogP contribution in [0.3, 0.4) is 0 Å². The van der Waals surface area contributed by atoms with Crippen molar-refractivity contribution in [2.75, 3.05) is 5.32 Å². The van der Waals surface area contributed by atoms with E-state index >= 15 is 0 Å². The van der Waals surface area contributed by atoms with E-state index in [1.165, 1.54) is 6.20 Å². The number of carboxylic acids is 1. The lowest BCUT2D eigenvalue weighted by atomic mass is 9.61. The second-order valence-corrected chi connectivity index (χ2v) is 6.44. The van der Waals surface area contributed by atoms with Gasteiger partial charge in [0.15, 0.2) is 0 Å². The van der Waals surface area contributed by atoms with E-state index in [2.05, 4.69) is 22.2 Å². The molecule has 3 unspecified atom stereocenters. The van der Waals surface area contributed by atoms with Crippen LogP contribution < -0.4 is 5.32 Å². The molecule has 2 rings (SSSR count). The Morgan fingerprint density at radius 3 is 2.75 bits per heavy atom. The Labute approximate surface area is 123 Å². The maximum absolute atomic E-state index is 11.4. The minimum absolute atomic E-state index is 0.174. The number of anilines is 1. The highest BCUT2D eigenvalue weighted by Crippen LogP contribution is 2.45. The molecule has 0 amide bonds. The van der Waals surface area contributed by atoms with Crippen LogP contribution in [-0.4, -0.2) is 27.1 Å². The van der Waals surface area contributed by atoms with Gasteiger partial charge in [-0.15, -0.1) is 0 Å². The van der Waals surface area contributed by atoms with Gasteiger partial charge in [-0.25, -0.2) is 4.98 Å². The summed E-state index contributed by atoms with van der Waals surface area (Å²) in [5.74, 6) is -0.166. The molecule has 1 heterocycles. The van der Waals surface area contributed by atoms with Crippen LogP contribution in [0, 0.1) is 17.3 Å². The van der Waals surface area contributed by atoms with Gasteiger partial charge in [-0.2, -0.15) is 0 Å². The second-order valence-electron chi connectivity index (χ2n) is 6.06. The van der Waals surface area contributed by atoms with Crippen molar-refractivity contribution in [2.24, 2.45) is 17.3 Å². The smallest absolute Gasteiger partial charge is 0.307 e. The van der Waals surface area contributed by atoms with Gasteiger partial charge < -0.3 is 10.4 Å². The molecule has 110 valence electrons. The Balaban J connectivity index is 2.14. The molecule has 1 aliphatic rings. The van der Waals surface area contributed by atoms with Gasteiger partial charge in [0.1, 0.15) is 11.0 Å². The largest absolute Gasteiger partial charge is 0.481 e. The first-order valence-corrected chi connectivity index (χ1v) is 7.17. The molecule has 3 atom stereocenters. The summed E-state index contributed by atoms with van der Waals surface area (Å²) >= 11 is 5.83. The molecule has 1 aromatic rings. The van der Waals surface area contributed by atoms with Gasteiger partial charge in [-0.1, -0.05) is 32.4 Å². The topological polar surface area (TPSA) is 75.1 Å². The molecular weight excluding hydrogens is 278 g/mol. The highest BCUT2D eigenvalue weighted by molar-refractivity contribution is 6.29. The minimum Gasteiger partial charge on any atom is -0.481 e. The number of hydrogen-bond donors (Lipinski definition) is 2. The molecule has 0 bridgehead atoms. The summed E-state index contributed by atoms with van der Waals surface area (Å²) in [6, 6.07) is 0.174. The molecule has 0 spiro atoms. The van der Waals surface area contributed by atoms with Gasteiger partial charge >= 0.3 is 5.97 Å². The predicted molar refractivity (Wildman–Crippen MR) is 77.8 cm³/mol. The molecule has 0 saturated heterocycles. The fraction of sp³-hybridized carbons (Fsp3) is 0.643. The maximum atomic E-state index is 11.4. The van der Waals surface area contributed by atoms with Gasteiger partial charge in [0.25, 0.3) is 0 Å². The SMILES string of the molecule is CC1C(Nc2cncc(Cl)n2)CCC(C(=O)O)C1(C)C. The van der Waals surface area contributed by atoms with Crippen LogP contribution in [0.25, 0.3) is 0 Å². The van der Waals surface area contributed by atoms with Crippen LogP contribution in [0.1, 0.15) is 33.6 Å². The Morgan fingerprint density at radius 2 is 2.15 bits per heavy atom. The van der Waals surface area contributed by atoms with Gasteiger partial charge in [-0.05, 0) is 24.2 Å². The Bertz CT molecular complexity index is 507. The van der Waals surface area contributed by atoms with E-state index in [0.717, 1.165) is 6.42 Å². The molecule has 6 heteroatoms. The molecule has 0 radical (unpaired) electrons. The fourth-order valence-corrected chi connectivity index (χ4v) is 3.19. The Morgan fingerprint density at radius 1 is 1.45 bits per heavy atom. The van der Waals surface area contributed by atoms with E-state index in [4.69, 9.17) is 11.6 Å². The maximum Gasteiger partial charge on any atom is 0.307 e. The van der Waals surface area contributed by atoms with Gasteiger partial charge in [0, 0.05) is 6.04 Å². The summed E-state index contributed by atoms with van der Waals surface area (Å²) in [6.07, 6.45) is 4.59. The molecule has 1 aliphatic carbocycles. The molecule has 5 nitrogen and oxygen atoms in total. The normalized spacial score (nSPS) is 28.9. The predicted octanol–water partition coefficient (Wildman–Crippen LogP) is 3.07. The number of hydrogen-bond acceptors (Lipinski definition) is 4. The molecule has 1 aromatic heterocycles. The zero-order chi connectivity index (χ0) is 14.9.